The van der Waals surface area contributed by atoms with Crippen LogP contribution in [0.3, 0.4) is 0 Å². The molecule has 4 fully saturated rings. The van der Waals surface area contributed by atoms with Crippen LogP contribution in [-0.2, 0) is 0 Å². The lowest BCUT2D eigenvalue weighted by atomic mass is 9.63. The minimum atomic E-state index is 0.818. The maximum Gasteiger partial charge on any atom is 0.00642 e. The van der Waals surface area contributed by atoms with E-state index in [4.69, 9.17) is 0 Å². The predicted molar refractivity (Wildman–Crippen MR) is 135 cm³/mol. The fourth-order valence-corrected chi connectivity index (χ4v) is 8.69. The van der Waals surface area contributed by atoms with Gasteiger partial charge in [0.2, 0.25) is 0 Å². The first-order valence-electron chi connectivity index (χ1n) is 14.9. The fourth-order valence-electron chi connectivity index (χ4n) is 8.69. The van der Waals surface area contributed by atoms with Gasteiger partial charge in [-0.1, -0.05) is 45.4 Å². The zero-order chi connectivity index (χ0) is 21.5. The number of rotatable bonds is 8. The normalized spacial score (nSPS) is 42.4. The van der Waals surface area contributed by atoms with E-state index in [1.54, 1.807) is 77.0 Å². The summed E-state index contributed by atoms with van der Waals surface area (Å²) in [5.74, 6) is 7.64. The maximum atomic E-state index is 3.52. The molecule has 180 valence electrons. The first-order chi connectivity index (χ1) is 15.3. The Labute approximate surface area is 195 Å². The molecule has 4 rings (SSSR count). The van der Waals surface area contributed by atoms with Crippen molar-refractivity contribution in [2.45, 2.75) is 141 Å². The molecule has 0 saturated heterocycles. The highest BCUT2D eigenvalue weighted by atomic mass is 14.9. The molecule has 4 aliphatic carbocycles. The molecule has 0 aromatic rings. The number of hydrogen-bond acceptors (Lipinski definition) is 1. The maximum absolute atomic E-state index is 3.52. The highest BCUT2D eigenvalue weighted by Gasteiger charge is 2.36. The quantitative estimate of drug-likeness (QED) is 0.380. The molecular weight excluding hydrogens is 374 g/mol. The average molecular weight is 430 g/mol. The lowest BCUT2D eigenvalue weighted by Gasteiger charge is -2.43. The number of nitrogens with one attached hydrogen (secondary N) is 1. The van der Waals surface area contributed by atoms with Crippen LogP contribution in [0, 0.1) is 41.4 Å². The molecule has 0 atom stereocenters. The van der Waals surface area contributed by atoms with Crippen molar-refractivity contribution >= 4 is 0 Å². The van der Waals surface area contributed by atoms with Crippen LogP contribution in [0.1, 0.15) is 135 Å². The van der Waals surface area contributed by atoms with Crippen LogP contribution in [0.25, 0.3) is 0 Å². The van der Waals surface area contributed by atoms with Crippen molar-refractivity contribution in [2.24, 2.45) is 41.4 Å². The van der Waals surface area contributed by atoms with E-state index in [0.29, 0.717) is 0 Å². The molecule has 0 aliphatic heterocycles. The van der Waals surface area contributed by atoms with E-state index in [1.807, 2.05) is 0 Å². The molecule has 0 bridgehead atoms. The summed E-state index contributed by atoms with van der Waals surface area (Å²) in [6.07, 6.45) is 30.7. The Hall–Kier alpha value is -0.0400. The summed E-state index contributed by atoms with van der Waals surface area (Å²) >= 11 is 0. The molecule has 31 heavy (non-hydrogen) atoms. The van der Waals surface area contributed by atoms with E-state index in [2.05, 4.69) is 19.3 Å². The second-order valence-corrected chi connectivity index (χ2v) is 12.5. The van der Waals surface area contributed by atoms with Crippen LogP contribution in [0.2, 0.25) is 0 Å². The van der Waals surface area contributed by atoms with Gasteiger partial charge in [-0.15, -0.1) is 0 Å². The van der Waals surface area contributed by atoms with Crippen LogP contribution in [0.15, 0.2) is 0 Å². The van der Waals surface area contributed by atoms with Crippen molar-refractivity contribution in [3.8, 4) is 0 Å². The minimum Gasteiger partial charge on any atom is -0.317 e. The van der Waals surface area contributed by atoms with Gasteiger partial charge in [0.05, 0.1) is 0 Å². The number of hydrogen-bond donors (Lipinski definition) is 1. The van der Waals surface area contributed by atoms with Gasteiger partial charge in [0.1, 0.15) is 0 Å². The monoisotopic (exact) mass is 429 g/mol. The van der Waals surface area contributed by atoms with E-state index in [0.717, 1.165) is 47.5 Å². The van der Waals surface area contributed by atoms with Crippen LogP contribution in [-0.4, -0.2) is 13.1 Å². The van der Waals surface area contributed by atoms with E-state index in [-0.39, 0.29) is 0 Å². The molecule has 0 unspecified atom stereocenters. The molecule has 4 aliphatic rings. The Balaban J connectivity index is 1.11. The Kier molecular flexibility index (Phi) is 9.66. The first kappa shape index (κ1) is 24.1. The van der Waals surface area contributed by atoms with Crippen molar-refractivity contribution < 1.29 is 0 Å². The van der Waals surface area contributed by atoms with Gasteiger partial charge in [-0.05, 0) is 138 Å². The standard InChI is InChI=1S/C30H55N/c1-3-4-5-6-23-7-9-24(10-8-23)25-11-13-26(14-12-25)27-15-17-28(18-16-27)29-19-21-30(31-2)22-20-29/h23-31H,3-22H2,1-2H3. The van der Waals surface area contributed by atoms with Crippen LogP contribution >= 0.6 is 0 Å². The summed E-state index contributed by atoms with van der Waals surface area (Å²) in [7, 11) is 2.16. The van der Waals surface area contributed by atoms with Crippen molar-refractivity contribution in [2.75, 3.05) is 7.05 Å². The van der Waals surface area contributed by atoms with Gasteiger partial charge >= 0.3 is 0 Å². The van der Waals surface area contributed by atoms with Gasteiger partial charge in [-0.25, -0.2) is 0 Å². The molecule has 0 aromatic carbocycles. The molecule has 0 radical (unpaired) electrons. The second-order valence-electron chi connectivity index (χ2n) is 12.5. The topological polar surface area (TPSA) is 12.0 Å². The third-order valence-corrected chi connectivity index (χ3v) is 10.9. The summed E-state index contributed by atoms with van der Waals surface area (Å²) in [6.45, 7) is 2.34. The summed E-state index contributed by atoms with van der Waals surface area (Å²) in [4.78, 5) is 0. The average Bonchev–Trinajstić information content (AvgIpc) is 2.85. The summed E-state index contributed by atoms with van der Waals surface area (Å²) < 4.78 is 0. The summed E-state index contributed by atoms with van der Waals surface area (Å²) in [5, 5.41) is 3.52. The molecule has 0 aromatic heterocycles. The predicted octanol–water partition coefficient (Wildman–Crippen LogP) is 8.76. The lowest BCUT2D eigenvalue weighted by molar-refractivity contribution is 0.0873. The van der Waals surface area contributed by atoms with Gasteiger partial charge in [0.15, 0.2) is 0 Å². The van der Waals surface area contributed by atoms with Gasteiger partial charge < -0.3 is 5.32 Å². The van der Waals surface area contributed by atoms with Crippen LogP contribution in [0.5, 0.6) is 0 Å². The van der Waals surface area contributed by atoms with Crippen molar-refractivity contribution in [3.05, 3.63) is 0 Å². The van der Waals surface area contributed by atoms with Crippen molar-refractivity contribution in [3.63, 3.8) is 0 Å². The highest BCUT2D eigenvalue weighted by molar-refractivity contribution is 4.88. The molecular formula is C30H55N. The van der Waals surface area contributed by atoms with Gasteiger partial charge in [-0.2, -0.15) is 0 Å². The third kappa shape index (κ3) is 6.74. The largest absolute Gasteiger partial charge is 0.317 e. The van der Waals surface area contributed by atoms with E-state index < -0.39 is 0 Å². The fraction of sp³-hybridized carbons (Fsp3) is 1.00. The molecule has 1 heteroatoms. The van der Waals surface area contributed by atoms with Gasteiger partial charge in [0, 0.05) is 6.04 Å². The summed E-state index contributed by atoms with van der Waals surface area (Å²) in [5.41, 5.74) is 0. The van der Waals surface area contributed by atoms with E-state index >= 15 is 0 Å². The SMILES string of the molecule is CCCCCC1CCC(C2CCC(C3CCC(C4CCC(NC)CC4)CC3)CC2)CC1. The Bertz CT molecular complexity index is 469. The van der Waals surface area contributed by atoms with Crippen molar-refractivity contribution in [1.82, 2.24) is 5.32 Å². The first-order valence-corrected chi connectivity index (χ1v) is 14.9. The van der Waals surface area contributed by atoms with Gasteiger partial charge in [-0.3, -0.25) is 0 Å². The van der Waals surface area contributed by atoms with Crippen LogP contribution < -0.4 is 5.32 Å². The Morgan fingerprint density at radius 2 is 0.839 bits per heavy atom. The smallest absolute Gasteiger partial charge is 0.00642 e. The van der Waals surface area contributed by atoms with Crippen LogP contribution in [0.4, 0.5) is 0 Å². The van der Waals surface area contributed by atoms with Crippen molar-refractivity contribution in [1.29, 1.82) is 0 Å². The minimum absolute atomic E-state index is 0.818. The zero-order valence-electron chi connectivity index (χ0n) is 21.3. The molecule has 1 nitrogen and oxygen atoms in total. The Morgan fingerprint density at radius 1 is 0.484 bits per heavy atom. The second kappa shape index (κ2) is 12.4. The highest BCUT2D eigenvalue weighted by Crippen LogP contribution is 2.48. The van der Waals surface area contributed by atoms with Gasteiger partial charge in [0.25, 0.3) is 0 Å². The lowest BCUT2D eigenvalue weighted by Crippen LogP contribution is -2.34. The molecule has 0 heterocycles. The number of unbranched alkanes of at least 4 members (excludes halogenated alkanes) is 2. The van der Waals surface area contributed by atoms with E-state index in [9.17, 15) is 0 Å². The zero-order valence-corrected chi connectivity index (χ0v) is 21.3. The molecule has 1 N–H and O–H groups in total. The third-order valence-electron chi connectivity index (χ3n) is 10.9. The molecule has 0 amide bonds. The molecule has 0 spiro atoms. The summed E-state index contributed by atoms with van der Waals surface area (Å²) in [6, 6.07) is 0.818. The molecule has 4 saturated carbocycles. The van der Waals surface area contributed by atoms with E-state index in [1.165, 1.54) is 51.4 Å². The Morgan fingerprint density at radius 3 is 1.19 bits per heavy atom.